The second kappa shape index (κ2) is 13.4. The van der Waals surface area contributed by atoms with Crippen LogP contribution in [-0.2, 0) is 38.7 Å². The van der Waals surface area contributed by atoms with E-state index in [-0.39, 0.29) is 6.61 Å². The molecular formula is C32H36O5. The van der Waals surface area contributed by atoms with Gasteiger partial charge in [-0.3, -0.25) is 9.59 Å². The lowest BCUT2D eigenvalue weighted by molar-refractivity contribution is -0.168. The number of carbonyl (C=O) groups is 2. The Morgan fingerprint density at radius 3 is 1.86 bits per heavy atom. The molecule has 0 fully saturated rings. The van der Waals surface area contributed by atoms with E-state index in [0.717, 1.165) is 22.4 Å². The van der Waals surface area contributed by atoms with Crippen LogP contribution in [0.25, 0.3) is 0 Å². The highest BCUT2D eigenvalue weighted by Gasteiger charge is 2.37. The molecule has 194 valence electrons. The molecule has 3 aromatic rings. The fourth-order valence-corrected chi connectivity index (χ4v) is 3.92. The lowest BCUT2D eigenvalue weighted by Crippen LogP contribution is -2.37. The van der Waals surface area contributed by atoms with E-state index < -0.39 is 29.4 Å². The summed E-state index contributed by atoms with van der Waals surface area (Å²) in [5.74, 6) is -1.59. The van der Waals surface area contributed by atoms with E-state index in [2.05, 4.69) is 6.58 Å². The van der Waals surface area contributed by atoms with Crippen LogP contribution in [-0.4, -0.2) is 17.5 Å². The van der Waals surface area contributed by atoms with Crippen molar-refractivity contribution < 1.29 is 23.8 Å². The van der Waals surface area contributed by atoms with E-state index in [1.54, 1.807) is 6.08 Å². The zero-order valence-corrected chi connectivity index (χ0v) is 21.9. The summed E-state index contributed by atoms with van der Waals surface area (Å²) in [5.41, 5.74) is 2.18. The first kappa shape index (κ1) is 27.7. The van der Waals surface area contributed by atoms with E-state index in [9.17, 15) is 9.59 Å². The Morgan fingerprint density at radius 2 is 1.32 bits per heavy atom. The van der Waals surface area contributed by atoms with Gasteiger partial charge >= 0.3 is 11.9 Å². The zero-order chi connectivity index (χ0) is 26.7. The molecule has 3 aromatic carbocycles. The number of hydrogen-bond acceptors (Lipinski definition) is 5. The van der Waals surface area contributed by atoms with Gasteiger partial charge in [0.05, 0.1) is 11.8 Å². The molecule has 3 rings (SSSR count). The van der Waals surface area contributed by atoms with Crippen molar-refractivity contribution in [2.24, 2.45) is 11.8 Å². The highest BCUT2D eigenvalue weighted by molar-refractivity contribution is 5.82. The Balaban J connectivity index is 1.76. The molecule has 0 bridgehead atoms. The summed E-state index contributed by atoms with van der Waals surface area (Å²) in [6, 6.07) is 27.0. The minimum atomic E-state index is -0.729. The predicted octanol–water partition coefficient (Wildman–Crippen LogP) is 6.70. The van der Waals surface area contributed by atoms with E-state index in [0.29, 0.717) is 19.4 Å². The minimum absolute atomic E-state index is 0.136. The summed E-state index contributed by atoms with van der Waals surface area (Å²) in [6.07, 6.45) is 2.27. The van der Waals surface area contributed by atoms with Gasteiger partial charge in [0, 0.05) is 0 Å². The van der Waals surface area contributed by atoms with Crippen LogP contribution < -0.4 is 4.74 Å². The SMILES string of the molecule is C=CC[C@H](C(=O)OC(C)(C)C)[C@@H](Cc1ccc(OCc2ccccc2)cc1)C(=O)OCc1ccccc1. The molecule has 5 nitrogen and oxygen atoms in total. The van der Waals surface area contributed by atoms with Gasteiger partial charge in [0.15, 0.2) is 0 Å². The quantitative estimate of drug-likeness (QED) is 0.204. The van der Waals surface area contributed by atoms with Crippen LogP contribution in [0.5, 0.6) is 5.75 Å². The van der Waals surface area contributed by atoms with Gasteiger partial charge in [-0.25, -0.2) is 0 Å². The summed E-state index contributed by atoms with van der Waals surface area (Å²) in [4.78, 5) is 26.5. The molecule has 0 aliphatic carbocycles. The lowest BCUT2D eigenvalue weighted by atomic mass is 9.84. The maximum atomic E-state index is 13.3. The summed E-state index contributed by atoms with van der Waals surface area (Å²) in [6.45, 7) is 9.84. The molecule has 0 radical (unpaired) electrons. The van der Waals surface area contributed by atoms with Crippen LogP contribution in [0, 0.1) is 11.8 Å². The Bertz CT molecular complexity index is 1130. The highest BCUT2D eigenvalue weighted by atomic mass is 16.6. The van der Waals surface area contributed by atoms with Crippen molar-refractivity contribution in [3.05, 3.63) is 114 Å². The smallest absolute Gasteiger partial charge is 0.310 e. The monoisotopic (exact) mass is 500 g/mol. The van der Waals surface area contributed by atoms with Gasteiger partial charge in [-0.2, -0.15) is 0 Å². The van der Waals surface area contributed by atoms with Gasteiger partial charge in [-0.15, -0.1) is 6.58 Å². The maximum Gasteiger partial charge on any atom is 0.310 e. The van der Waals surface area contributed by atoms with Crippen LogP contribution in [0.3, 0.4) is 0 Å². The van der Waals surface area contributed by atoms with Gasteiger partial charge in [0.25, 0.3) is 0 Å². The maximum absolute atomic E-state index is 13.3. The summed E-state index contributed by atoms with van der Waals surface area (Å²) in [7, 11) is 0. The largest absolute Gasteiger partial charge is 0.489 e. The molecule has 0 aliphatic heterocycles. The third kappa shape index (κ3) is 9.26. The van der Waals surface area contributed by atoms with Gasteiger partial charge in [-0.05, 0) is 62.4 Å². The van der Waals surface area contributed by atoms with Crippen molar-refractivity contribution in [1.29, 1.82) is 0 Å². The Labute approximate surface area is 220 Å². The van der Waals surface area contributed by atoms with Crippen molar-refractivity contribution in [1.82, 2.24) is 0 Å². The fourth-order valence-electron chi connectivity index (χ4n) is 3.92. The van der Waals surface area contributed by atoms with Crippen LogP contribution in [0.4, 0.5) is 0 Å². The molecule has 0 aliphatic rings. The van der Waals surface area contributed by atoms with Crippen LogP contribution in [0.1, 0.15) is 43.9 Å². The highest BCUT2D eigenvalue weighted by Crippen LogP contribution is 2.28. The number of benzene rings is 3. The first-order valence-corrected chi connectivity index (χ1v) is 12.5. The van der Waals surface area contributed by atoms with E-state index in [1.807, 2.05) is 106 Å². The third-order valence-electron chi connectivity index (χ3n) is 5.77. The van der Waals surface area contributed by atoms with E-state index in [1.165, 1.54) is 0 Å². The van der Waals surface area contributed by atoms with Crippen LogP contribution >= 0.6 is 0 Å². The Kier molecular flexibility index (Phi) is 10.1. The molecule has 5 heteroatoms. The van der Waals surface area contributed by atoms with Crippen molar-refractivity contribution in [2.75, 3.05) is 0 Å². The first-order valence-electron chi connectivity index (χ1n) is 12.5. The minimum Gasteiger partial charge on any atom is -0.489 e. The van der Waals surface area contributed by atoms with E-state index >= 15 is 0 Å². The molecule has 37 heavy (non-hydrogen) atoms. The second-order valence-corrected chi connectivity index (χ2v) is 9.99. The topological polar surface area (TPSA) is 61.8 Å². The third-order valence-corrected chi connectivity index (χ3v) is 5.77. The molecule has 0 unspecified atom stereocenters. The van der Waals surface area contributed by atoms with Crippen molar-refractivity contribution in [2.45, 2.75) is 52.4 Å². The number of hydrogen-bond donors (Lipinski definition) is 0. The van der Waals surface area contributed by atoms with Crippen LogP contribution in [0.2, 0.25) is 0 Å². The van der Waals surface area contributed by atoms with E-state index in [4.69, 9.17) is 14.2 Å². The lowest BCUT2D eigenvalue weighted by Gasteiger charge is -2.28. The molecule has 0 saturated heterocycles. The number of ether oxygens (including phenoxy) is 3. The van der Waals surface area contributed by atoms with Gasteiger partial charge in [0.1, 0.15) is 24.6 Å². The van der Waals surface area contributed by atoms with Gasteiger partial charge < -0.3 is 14.2 Å². The first-order chi connectivity index (χ1) is 17.7. The second-order valence-electron chi connectivity index (χ2n) is 9.99. The molecule has 0 amide bonds. The molecule has 2 atom stereocenters. The number of carbonyl (C=O) groups excluding carboxylic acids is 2. The van der Waals surface area contributed by atoms with Crippen molar-refractivity contribution in [3.63, 3.8) is 0 Å². The molecule has 0 heterocycles. The number of rotatable bonds is 12. The predicted molar refractivity (Wildman–Crippen MR) is 145 cm³/mol. The number of allylic oxidation sites excluding steroid dienone is 1. The average Bonchev–Trinajstić information content (AvgIpc) is 2.89. The molecule has 0 N–H and O–H groups in total. The van der Waals surface area contributed by atoms with Crippen LogP contribution in [0.15, 0.2) is 97.6 Å². The number of esters is 2. The Hall–Kier alpha value is -3.86. The van der Waals surface area contributed by atoms with Crippen molar-refractivity contribution >= 4 is 11.9 Å². The van der Waals surface area contributed by atoms with Gasteiger partial charge in [0.2, 0.25) is 0 Å². The molecule has 0 spiro atoms. The average molecular weight is 501 g/mol. The fraction of sp³-hybridized carbons (Fsp3) is 0.312. The standard InChI is InChI=1S/C32H36O5/c1-5-12-28(31(34)37-32(2,3)4)29(30(33)36-23-26-15-10-7-11-16-26)21-24-17-19-27(20-18-24)35-22-25-13-8-6-9-14-25/h5-11,13-20,28-29H,1,12,21-23H2,2-4H3/t28-,29+/m0/s1. The van der Waals surface area contributed by atoms with Gasteiger partial charge in [-0.1, -0.05) is 78.9 Å². The summed E-state index contributed by atoms with van der Waals surface area (Å²) >= 11 is 0. The summed E-state index contributed by atoms with van der Waals surface area (Å²) in [5, 5.41) is 0. The normalized spacial score (nSPS) is 12.7. The summed E-state index contributed by atoms with van der Waals surface area (Å²) < 4.78 is 17.2. The van der Waals surface area contributed by atoms with Crippen molar-refractivity contribution in [3.8, 4) is 5.75 Å². The molecule has 0 saturated carbocycles. The molecular weight excluding hydrogens is 464 g/mol. The molecule has 0 aromatic heterocycles. The zero-order valence-electron chi connectivity index (χ0n) is 21.9. The Morgan fingerprint density at radius 1 is 0.757 bits per heavy atom.